The zero-order valence-electron chi connectivity index (χ0n) is 10.8. The first kappa shape index (κ1) is 16.1. The van der Waals surface area contributed by atoms with Crippen LogP contribution in [0.2, 0.25) is 0 Å². The topological polar surface area (TPSA) is 24.5 Å². The third-order valence-electron chi connectivity index (χ3n) is 3.04. The van der Waals surface area contributed by atoms with E-state index in [4.69, 9.17) is 0 Å². The summed E-state index contributed by atoms with van der Waals surface area (Å²) in [5.41, 5.74) is 0.812. The Morgan fingerprint density at radius 3 is 2.84 bits per heavy atom. The molecule has 0 spiro atoms. The maximum absolute atomic E-state index is 12.3. The monoisotopic (exact) mass is 292 g/mol. The molecule has 0 aliphatic carbocycles. The highest BCUT2D eigenvalue weighted by Gasteiger charge is 2.17. The molecule has 108 valence electrons. The largest absolute Gasteiger partial charge is 0.434 e. The van der Waals surface area contributed by atoms with Crippen molar-refractivity contribution in [3.05, 3.63) is 29.8 Å². The van der Waals surface area contributed by atoms with E-state index >= 15 is 0 Å². The molecule has 0 bridgehead atoms. The molecule has 19 heavy (non-hydrogen) atoms. The van der Waals surface area contributed by atoms with Crippen molar-refractivity contribution in [1.29, 1.82) is 0 Å². The second-order valence-corrected chi connectivity index (χ2v) is 4.58. The van der Waals surface area contributed by atoms with Crippen LogP contribution in [-0.2, 0) is 6.54 Å². The van der Waals surface area contributed by atoms with Gasteiger partial charge in [0, 0.05) is 37.8 Å². The van der Waals surface area contributed by atoms with Crippen LogP contribution in [-0.4, -0.2) is 37.2 Å². The van der Waals surface area contributed by atoms with E-state index in [0.29, 0.717) is 12.6 Å². The van der Waals surface area contributed by atoms with E-state index in [1.807, 2.05) is 12.1 Å². The summed E-state index contributed by atoms with van der Waals surface area (Å²) in [5.74, 6) is 0.277. The quantitative estimate of drug-likeness (QED) is 0.923. The third-order valence-corrected chi connectivity index (χ3v) is 3.04. The Morgan fingerprint density at radius 1 is 1.42 bits per heavy atom. The minimum Gasteiger partial charge on any atom is -0.434 e. The van der Waals surface area contributed by atoms with Crippen LogP contribution in [0.15, 0.2) is 24.3 Å². The number of hydrogen-bond donors (Lipinski definition) is 1. The molecule has 1 N–H and O–H groups in total. The van der Waals surface area contributed by atoms with Crippen molar-refractivity contribution in [2.75, 3.05) is 19.6 Å². The van der Waals surface area contributed by atoms with Crippen LogP contribution in [0.5, 0.6) is 5.75 Å². The van der Waals surface area contributed by atoms with Crippen LogP contribution in [0, 0.1) is 0 Å². The molecule has 2 rings (SSSR count). The summed E-state index contributed by atoms with van der Waals surface area (Å²) in [4.78, 5) is 2.24. The van der Waals surface area contributed by atoms with Gasteiger partial charge in [0.2, 0.25) is 0 Å². The van der Waals surface area contributed by atoms with E-state index in [1.54, 1.807) is 12.1 Å². The molecule has 1 unspecified atom stereocenters. The number of halogens is 3. The second-order valence-electron chi connectivity index (χ2n) is 4.58. The molecule has 0 radical (unpaired) electrons. The number of rotatable bonds is 4. The molecule has 3 nitrogen and oxygen atoms in total. The van der Waals surface area contributed by atoms with Crippen molar-refractivity contribution in [2.24, 2.45) is 0 Å². The van der Waals surface area contributed by atoms with Crippen LogP contribution >= 0.6 is 12.4 Å². The minimum atomic E-state index is -2.77. The van der Waals surface area contributed by atoms with E-state index in [9.17, 15) is 8.78 Å². The third kappa shape index (κ3) is 4.93. The highest BCUT2D eigenvalue weighted by atomic mass is 35.5. The summed E-state index contributed by atoms with van der Waals surface area (Å²) in [6.07, 6.45) is 0. The van der Waals surface area contributed by atoms with Gasteiger partial charge >= 0.3 is 6.61 Å². The number of para-hydroxylation sites is 1. The van der Waals surface area contributed by atoms with Gasteiger partial charge in [-0.1, -0.05) is 18.2 Å². The second kappa shape index (κ2) is 7.62. The zero-order chi connectivity index (χ0) is 13.0. The van der Waals surface area contributed by atoms with Gasteiger partial charge in [0.15, 0.2) is 0 Å². The summed E-state index contributed by atoms with van der Waals surface area (Å²) in [6, 6.07) is 7.42. The van der Waals surface area contributed by atoms with Gasteiger partial charge in [-0.3, -0.25) is 4.90 Å². The molecule has 1 aliphatic rings. The zero-order valence-corrected chi connectivity index (χ0v) is 11.6. The summed E-state index contributed by atoms with van der Waals surface area (Å²) in [6.45, 7) is 2.77. The standard InChI is InChI=1S/C13H18F2N2O.ClH/c1-10-8-17(7-6-16-10)9-11-4-2-3-5-12(11)18-13(14)15;/h2-5,10,13,16H,6-9H2,1H3;1H. The van der Waals surface area contributed by atoms with E-state index in [1.165, 1.54) is 0 Å². The lowest BCUT2D eigenvalue weighted by molar-refractivity contribution is -0.0508. The number of piperazine rings is 1. The van der Waals surface area contributed by atoms with Gasteiger partial charge in [-0.2, -0.15) is 8.78 Å². The molecule has 1 saturated heterocycles. The number of ether oxygens (including phenoxy) is 1. The fourth-order valence-corrected chi connectivity index (χ4v) is 2.24. The van der Waals surface area contributed by atoms with Crippen LogP contribution in [0.3, 0.4) is 0 Å². The number of nitrogens with zero attached hydrogens (tertiary/aromatic N) is 1. The Labute approximate surface area is 118 Å². The minimum absolute atomic E-state index is 0. The highest BCUT2D eigenvalue weighted by molar-refractivity contribution is 5.85. The highest BCUT2D eigenvalue weighted by Crippen LogP contribution is 2.22. The molecule has 1 heterocycles. The number of alkyl halides is 2. The van der Waals surface area contributed by atoms with Crippen LogP contribution in [0.4, 0.5) is 8.78 Å². The molecule has 1 aromatic carbocycles. The predicted octanol–water partition coefficient (Wildman–Crippen LogP) is 2.50. The molecule has 0 amide bonds. The average Bonchev–Trinajstić information content (AvgIpc) is 2.31. The van der Waals surface area contributed by atoms with Crippen LogP contribution in [0.25, 0.3) is 0 Å². The van der Waals surface area contributed by atoms with E-state index in [0.717, 1.165) is 25.2 Å². The molecule has 1 fully saturated rings. The van der Waals surface area contributed by atoms with E-state index in [-0.39, 0.29) is 18.2 Å². The van der Waals surface area contributed by atoms with Gasteiger partial charge in [0.05, 0.1) is 0 Å². The molecule has 1 aromatic rings. The Kier molecular flexibility index (Phi) is 6.48. The Morgan fingerprint density at radius 2 is 2.16 bits per heavy atom. The van der Waals surface area contributed by atoms with Crippen molar-refractivity contribution < 1.29 is 13.5 Å². The van der Waals surface area contributed by atoms with Gasteiger partial charge in [-0.05, 0) is 13.0 Å². The Hall–Kier alpha value is -0.910. The van der Waals surface area contributed by atoms with Crippen molar-refractivity contribution in [3.63, 3.8) is 0 Å². The van der Waals surface area contributed by atoms with Gasteiger partial charge in [-0.25, -0.2) is 0 Å². The fourth-order valence-electron chi connectivity index (χ4n) is 2.24. The molecule has 0 saturated carbocycles. The first-order valence-electron chi connectivity index (χ1n) is 6.13. The number of nitrogens with one attached hydrogen (secondary N) is 1. The predicted molar refractivity (Wildman–Crippen MR) is 73.1 cm³/mol. The summed E-state index contributed by atoms with van der Waals surface area (Å²) < 4.78 is 29.1. The molecule has 1 aliphatic heterocycles. The summed E-state index contributed by atoms with van der Waals surface area (Å²) in [7, 11) is 0. The van der Waals surface area contributed by atoms with Gasteiger partial charge in [0.25, 0.3) is 0 Å². The van der Waals surface area contributed by atoms with Crippen LogP contribution < -0.4 is 10.1 Å². The lowest BCUT2D eigenvalue weighted by atomic mass is 10.1. The van der Waals surface area contributed by atoms with E-state index < -0.39 is 6.61 Å². The number of benzene rings is 1. The lowest BCUT2D eigenvalue weighted by Gasteiger charge is -2.32. The van der Waals surface area contributed by atoms with Crippen molar-refractivity contribution in [3.8, 4) is 5.75 Å². The van der Waals surface area contributed by atoms with E-state index in [2.05, 4.69) is 21.9 Å². The average molecular weight is 293 g/mol. The first-order chi connectivity index (χ1) is 8.65. The molecule has 6 heteroatoms. The summed E-state index contributed by atoms with van der Waals surface area (Å²) in [5, 5.41) is 3.35. The lowest BCUT2D eigenvalue weighted by Crippen LogP contribution is -2.48. The summed E-state index contributed by atoms with van der Waals surface area (Å²) >= 11 is 0. The molecule has 0 aromatic heterocycles. The Bertz CT molecular complexity index is 393. The normalized spacial score (nSPS) is 20.1. The molecular weight excluding hydrogens is 274 g/mol. The van der Waals surface area contributed by atoms with Crippen molar-refractivity contribution >= 4 is 12.4 Å². The van der Waals surface area contributed by atoms with Gasteiger partial charge < -0.3 is 10.1 Å². The maximum Gasteiger partial charge on any atom is 0.387 e. The first-order valence-corrected chi connectivity index (χ1v) is 6.13. The number of hydrogen-bond acceptors (Lipinski definition) is 3. The van der Waals surface area contributed by atoms with Gasteiger partial charge in [-0.15, -0.1) is 12.4 Å². The van der Waals surface area contributed by atoms with Gasteiger partial charge in [0.1, 0.15) is 5.75 Å². The Balaban J connectivity index is 0.00000180. The fraction of sp³-hybridized carbons (Fsp3) is 0.538. The van der Waals surface area contributed by atoms with Crippen LogP contribution in [0.1, 0.15) is 12.5 Å². The molecular formula is C13H19ClF2N2O. The SMILES string of the molecule is CC1CN(Cc2ccccc2OC(F)F)CCN1.Cl. The van der Waals surface area contributed by atoms with Crippen molar-refractivity contribution in [1.82, 2.24) is 10.2 Å². The van der Waals surface area contributed by atoms with Crippen molar-refractivity contribution in [2.45, 2.75) is 26.1 Å². The maximum atomic E-state index is 12.3. The molecule has 1 atom stereocenters. The smallest absolute Gasteiger partial charge is 0.387 e.